The Balaban J connectivity index is 2.10. The molecule has 21 heavy (non-hydrogen) atoms. The third-order valence-electron chi connectivity index (χ3n) is 3.96. The van der Waals surface area contributed by atoms with E-state index in [1.54, 1.807) is 0 Å². The zero-order valence-electron chi connectivity index (χ0n) is 12.7. The Bertz CT molecular complexity index is 470. The monoisotopic (exact) mass is 363 g/mol. The highest BCUT2D eigenvalue weighted by Gasteiger charge is 2.31. The van der Waals surface area contributed by atoms with Crippen LogP contribution in [0.15, 0.2) is 18.2 Å². The molecular weight excluding hydrogens is 341 g/mol. The van der Waals surface area contributed by atoms with Crippen molar-refractivity contribution in [2.45, 2.75) is 49.0 Å². The van der Waals surface area contributed by atoms with E-state index in [1.165, 1.54) is 5.75 Å². The molecule has 5 heteroatoms. The van der Waals surface area contributed by atoms with Crippen LogP contribution in [0.3, 0.4) is 0 Å². The summed E-state index contributed by atoms with van der Waals surface area (Å²) in [5.74, 6) is 1.20. The molecule has 0 aromatic heterocycles. The average Bonchev–Trinajstić information content (AvgIpc) is 2.46. The van der Waals surface area contributed by atoms with Crippen LogP contribution in [0.5, 0.6) is 0 Å². The van der Waals surface area contributed by atoms with Gasteiger partial charge in [-0.15, -0.1) is 0 Å². The van der Waals surface area contributed by atoms with Gasteiger partial charge in [0.25, 0.3) is 0 Å². The molecule has 4 atom stereocenters. The molecule has 0 saturated carbocycles. The molecule has 0 bridgehead atoms. The van der Waals surface area contributed by atoms with Crippen molar-refractivity contribution in [1.82, 2.24) is 5.32 Å². The molecule has 1 N–H and O–H groups in total. The average molecular weight is 364 g/mol. The van der Waals surface area contributed by atoms with Gasteiger partial charge >= 0.3 is 0 Å². The Morgan fingerprint density at radius 2 is 2.05 bits per heavy atom. The van der Waals surface area contributed by atoms with E-state index in [1.807, 2.05) is 12.1 Å². The second-order valence-electron chi connectivity index (χ2n) is 5.50. The molecule has 0 aliphatic carbocycles. The molecule has 1 nitrogen and oxygen atoms in total. The molecule has 4 unspecified atom stereocenters. The molecule has 1 saturated heterocycles. The summed E-state index contributed by atoms with van der Waals surface area (Å²) >= 11 is 16.7. The van der Waals surface area contributed by atoms with Crippen LogP contribution in [0.1, 0.15) is 26.3 Å². The van der Waals surface area contributed by atoms with E-state index in [2.05, 4.69) is 55.7 Å². The van der Waals surface area contributed by atoms with E-state index in [-0.39, 0.29) is 0 Å². The third-order valence-corrected chi connectivity index (χ3v) is 8.37. The van der Waals surface area contributed by atoms with Crippen LogP contribution in [0, 0.1) is 0 Å². The first kappa shape index (κ1) is 17.8. The van der Waals surface area contributed by atoms with Crippen LogP contribution in [0.4, 0.5) is 0 Å². The number of halogens is 2. The van der Waals surface area contributed by atoms with Gasteiger partial charge in [0.05, 0.1) is 10.0 Å². The highest BCUT2D eigenvalue weighted by Crippen LogP contribution is 2.38. The maximum absolute atomic E-state index is 6.36. The second kappa shape index (κ2) is 8.35. The summed E-state index contributed by atoms with van der Waals surface area (Å²) in [7, 11) is 0. The van der Waals surface area contributed by atoms with Crippen molar-refractivity contribution in [3.05, 3.63) is 33.8 Å². The van der Waals surface area contributed by atoms with Gasteiger partial charge in [-0.25, -0.2) is 0 Å². The number of hydrogen-bond acceptors (Lipinski definition) is 3. The summed E-state index contributed by atoms with van der Waals surface area (Å²) in [4.78, 5) is 0. The smallest absolute Gasteiger partial charge is 0.0624 e. The van der Waals surface area contributed by atoms with Crippen molar-refractivity contribution in [3.8, 4) is 0 Å². The lowest BCUT2D eigenvalue weighted by molar-refractivity contribution is 0.520. The molecule has 0 radical (unpaired) electrons. The van der Waals surface area contributed by atoms with Crippen molar-refractivity contribution in [1.29, 1.82) is 0 Å². The Kier molecular flexibility index (Phi) is 7.08. The molecule has 1 heterocycles. The Hall–Kier alpha value is 0.460. The fourth-order valence-corrected chi connectivity index (χ4v) is 6.09. The summed E-state index contributed by atoms with van der Waals surface area (Å²) in [5, 5.41) is 7.06. The molecule has 1 aliphatic rings. The van der Waals surface area contributed by atoms with Crippen LogP contribution in [-0.2, 0) is 6.42 Å². The first-order valence-electron chi connectivity index (χ1n) is 7.46. The van der Waals surface area contributed by atoms with Gasteiger partial charge in [-0.05, 0) is 24.6 Å². The van der Waals surface area contributed by atoms with E-state index >= 15 is 0 Å². The molecule has 2 rings (SSSR count). The van der Waals surface area contributed by atoms with Gasteiger partial charge in [0.1, 0.15) is 0 Å². The van der Waals surface area contributed by atoms with Crippen molar-refractivity contribution in [2.75, 3.05) is 12.3 Å². The maximum atomic E-state index is 6.36. The van der Waals surface area contributed by atoms with Crippen LogP contribution >= 0.6 is 46.7 Å². The quantitative estimate of drug-likeness (QED) is 0.777. The van der Waals surface area contributed by atoms with Gasteiger partial charge in [0, 0.05) is 27.5 Å². The lowest BCUT2D eigenvalue weighted by atomic mass is 10.0. The molecule has 1 aromatic carbocycles. The number of benzene rings is 1. The fraction of sp³-hybridized carbons (Fsp3) is 0.625. The standard InChI is InChI=1S/C16H23Cl2NS2/c1-4-19-14(15-9-20-10(2)11(3)21-15)8-12-6-5-7-13(17)16(12)18/h5-7,10-11,14-15,19H,4,8-9H2,1-3H3. The topological polar surface area (TPSA) is 12.0 Å². The van der Waals surface area contributed by atoms with Crippen molar-refractivity contribution >= 4 is 46.7 Å². The molecule has 1 fully saturated rings. The summed E-state index contributed by atoms with van der Waals surface area (Å²) in [6, 6.07) is 6.37. The SMILES string of the molecule is CCNC(Cc1cccc(Cl)c1Cl)C1CSC(C)C(C)S1. The van der Waals surface area contributed by atoms with Gasteiger partial charge < -0.3 is 5.32 Å². The Labute approximate surface area is 146 Å². The molecular formula is C16H23Cl2NS2. The minimum absolute atomic E-state index is 0.443. The summed E-state index contributed by atoms with van der Waals surface area (Å²) < 4.78 is 0. The van der Waals surface area contributed by atoms with Crippen LogP contribution < -0.4 is 5.32 Å². The predicted molar refractivity (Wildman–Crippen MR) is 100 cm³/mol. The van der Waals surface area contributed by atoms with E-state index in [9.17, 15) is 0 Å². The number of thioether (sulfide) groups is 2. The van der Waals surface area contributed by atoms with Crippen molar-refractivity contribution in [3.63, 3.8) is 0 Å². The lowest BCUT2D eigenvalue weighted by Crippen LogP contribution is -2.44. The first-order valence-corrected chi connectivity index (χ1v) is 10.2. The van der Waals surface area contributed by atoms with Gasteiger partial charge in [-0.3, -0.25) is 0 Å². The number of likely N-dealkylation sites (N-methyl/N-ethyl adjacent to an activating group) is 1. The van der Waals surface area contributed by atoms with E-state index in [4.69, 9.17) is 23.2 Å². The zero-order chi connectivity index (χ0) is 15.4. The third kappa shape index (κ3) is 4.71. The minimum Gasteiger partial charge on any atom is -0.313 e. The normalized spacial score (nSPS) is 27.6. The van der Waals surface area contributed by atoms with Crippen LogP contribution in [-0.4, -0.2) is 34.1 Å². The largest absolute Gasteiger partial charge is 0.313 e. The Morgan fingerprint density at radius 3 is 2.71 bits per heavy atom. The van der Waals surface area contributed by atoms with Crippen LogP contribution in [0.2, 0.25) is 10.0 Å². The summed E-state index contributed by atoms with van der Waals surface area (Å²) in [6.45, 7) is 7.81. The van der Waals surface area contributed by atoms with E-state index < -0.39 is 0 Å². The summed E-state index contributed by atoms with van der Waals surface area (Å²) in [6.07, 6.45) is 0.937. The minimum atomic E-state index is 0.443. The first-order chi connectivity index (χ1) is 10.0. The Morgan fingerprint density at radius 1 is 1.29 bits per heavy atom. The predicted octanol–water partition coefficient (Wildman–Crippen LogP) is 5.14. The van der Waals surface area contributed by atoms with Crippen molar-refractivity contribution < 1.29 is 0 Å². The number of nitrogens with one attached hydrogen (secondary N) is 1. The molecule has 1 aliphatic heterocycles. The number of rotatable bonds is 5. The van der Waals surface area contributed by atoms with Crippen LogP contribution in [0.25, 0.3) is 0 Å². The molecule has 0 spiro atoms. The zero-order valence-corrected chi connectivity index (χ0v) is 15.9. The molecule has 118 valence electrons. The highest BCUT2D eigenvalue weighted by atomic mass is 35.5. The van der Waals surface area contributed by atoms with Gasteiger partial charge in [-0.1, -0.05) is 56.1 Å². The molecule has 0 amide bonds. The van der Waals surface area contributed by atoms with Crippen molar-refractivity contribution in [2.24, 2.45) is 0 Å². The van der Waals surface area contributed by atoms with E-state index in [0.29, 0.717) is 26.6 Å². The second-order valence-corrected chi connectivity index (χ2v) is 9.32. The number of hydrogen-bond donors (Lipinski definition) is 1. The fourth-order valence-electron chi connectivity index (χ4n) is 2.56. The summed E-state index contributed by atoms with van der Waals surface area (Å²) in [5.41, 5.74) is 1.15. The highest BCUT2D eigenvalue weighted by molar-refractivity contribution is 8.07. The molecule has 1 aromatic rings. The maximum Gasteiger partial charge on any atom is 0.0624 e. The van der Waals surface area contributed by atoms with Gasteiger partial charge in [0.2, 0.25) is 0 Å². The lowest BCUT2D eigenvalue weighted by Gasteiger charge is -2.36. The van der Waals surface area contributed by atoms with Gasteiger partial charge in [0.15, 0.2) is 0 Å². The van der Waals surface area contributed by atoms with Gasteiger partial charge in [-0.2, -0.15) is 23.5 Å². The van der Waals surface area contributed by atoms with E-state index in [0.717, 1.165) is 23.8 Å².